The zero-order valence-electron chi connectivity index (χ0n) is 13.8. The van der Waals surface area contributed by atoms with Crippen LogP contribution in [0.1, 0.15) is 51.8 Å². The third-order valence-corrected chi connectivity index (χ3v) is 4.94. The normalized spacial score (nSPS) is 14.0. The lowest BCUT2D eigenvalue weighted by molar-refractivity contribution is 0.103. The first-order valence-electron chi connectivity index (χ1n) is 8.02. The van der Waals surface area contributed by atoms with Crippen LogP contribution in [0.25, 0.3) is 11.6 Å². The van der Waals surface area contributed by atoms with Gasteiger partial charge in [-0.3, -0.25) is 4.79 Å². The Morgan fingerprint density at radius 2 is 2.08 bits per heavy atom. The van der Waals surface area contributed by atoms with Gasteiger partial charge in [0.1, 0.15) is 11.4 Å². The van der Waals surface area contributed by atoms with Gasteiger partial charge in [0.15, 0.2) is 5.78 Å². The van der Waals surface area contributed by atoms with Crippen LogP contribution in [0.5, 0.6) is 5.75 Å². The van der Waals surface area contributed by atoms with Crippen LogP contribution >= 0.6 is 15.9 Å². The molecule has 25 heavy (non-hydrogen) atoms. The molecule has 0 spiro atoms. The van der Waals surface area contributed by atoms with Gasteiger partial charge in [-0.05, 0) is 50.5 Å². The van der Waals surface area contributed by atoms with E-state index in [1.54, 1.807) is 12.1 Å². The van der Waals surface area contributed by atoms with Gasteiger partial charge < -0.3 is 14.5 Å². The molecule has 2 aromatic heterocycles. The number of hydrogen-bond donors (Lipinski definition) is 2. The second kappa shape index (κ2) is 5.84. The predicted octanol–water partition coefficient (Wildman–Crippen LogP) is 4.26. The van der Waals surface area contributed by atoms with Gasteiger partial charge in [-0.15, -0.1) is 10.2 Å². The van der Waals surface area contributed by atoms with Crippen LogP contribution in [0.15, 0.2) is 27.1 Å². The smallest absolute Gasteiger partial charge is 0.264 e. The van der Waals surface area contributed by atoms with Crippen molar-refractivity contribution >= 4 is 21.7 Å². The predicted molar refractivity (Wildman–Crippen MR) is 94.8 cm³/mol. The standard InChI is InChI=1S/C18H16BrN3O3/c1-8-14(16(24)12-7-11(19)5-6-13(12)23)9(2)20-15(8)18-22-21-17(25-18)10-3-4-10/h5-7,10,20,23H,3-4H2,1-2H3. The maximum Gasteiger partial charge on any atom is 0.264 e. The summed E-state index contributed by atoms with van der Waals surface area (Å²) in [6.07, 6.45) is 2.16. The van der Waals surface area contributed by atoms with Crippen LogP contribution in [-0.2, 0) is 0 Å². The second-order valence-corrected chi connectivity index (χ2v) is 7.25. The second-order valence-electron chi connectivity index (χ2n) is 6.34. The summed E-state index contributed by atoms with van der Waals surface area (Å²) in [6, 6.07) is 4.79. The highest BCUT2D eigenvalue weighted by atomic mass is 79.9. The van der Waals surface area contributed by atoms with Gasteiger partial charge >= 0.3 is 0 Å². The summed E-state index contributed by atoms with van der Waals surface area (Å²) in [5.74, 6) is 1.11. The molecule has 128 valence electrons. The first kappa shape index (κ1) is 16.1. The largest absolute Gasteiger partial charge is 0.507 e. The molecule has 4 rings (SSSR count). The number of nitrogens with one attached hydrogen (secondary N) is 1. The van der Waals surface area contributed by atoms with Crippen molar-refractivity contribution in [3.8, 4) is 17.3 Å². The number of halogens is 1. The number of ketones is 1. The van der Waals surface area contributed by atoms with Crippen molar-refractivity contribution < 1.29 is 14.3 Å². The Kier molecular flexibility index (Phi) is 3.76. The van der Waals surface area contributed by atoms with Gasteiger partial charge in [0, 0.05) is 21.6 Å². The monoisotopic (exact) mass is 401 g/mol. The number of nitrogens with zero attached hydrogens (tertiary/aromatic N) is 2. The molecule has 7 heteroatoms. The minimum Gasteiger partial charge on any atom is -0.507 e. The average molecular weight is 402 g/mol. The summed E-state index contributed by atoms with van der Waals surface area (Å²) >= 11 is 3.33. The molecule has 1 fully saturated rings. The SMILES string of the molecule is Cc1[nH]c(-c2nnc(C3CC3)o2)c(C)c1C(=O)c1cc(Br)ccc1O. The maximum atomic E-state index is 13.0. The highest BCUT2D eigenvalue weighted by molar-refractivity contribution is 9.10. The van der Waals surface area contributed by atoms with E-state index >= 15 is 0 Å². The number of hydrogen-bond acceptors (Lipinski definition) is 5. The Labute approximate surface area is 152 Å². The van der Waals surface area contributed by atoms with E-state index in [0.717, 1.165) is 22.9 Å². The van der Waals surface area contributed by atoms with Crippen LogP contribution in [0.2, 0.25) is 0 Å². The summed E-state index contributed by atoms with van der Waals surface area (Å²) in [7, 11) is 0. The molecule has 2 heterocycles. The van der Waals surface area contributed by atoms with Gasteiger partial charge in [0.2, 0.25) is 5.89 Å². The number of phenols is 1. The lowest BCUT2D eigenvalue weighted by atomic mass is 9.99. The molecule has 1 aliphatic carbocycles. The molecular formula is C18H16BrN3O3. The number of carbonyl (C=O) groups is 1. The fourth-order valence-corrected chi connectivity index (χ4v) is 3.32. The Bertz CT molecular complexity index is 986. The van der Waals surface area contributed by atoms with E-state index in [2.05, 4.69) is 31.1 Å². The lowest BCUT2D eigenvalue weighted by Gasteiger charge is -2.05. The fraction of sp³-hybridized carbons (Fsp3) is 0.278. The highest BCUT2D eigenvalue weighted by Gasteiger charge is 2.31. The number of aromatic amines is 1. The van der Waals surface area contributed by atoms with E-state index in [-0.39, 0.29) is 17.1 Å². The molecule has 3 aromatic rings. The highest BCUT2D eigenvalue weighted by Crippen LogP contribution is 2.40. The number of phenolic OH excluding ortho intramolecular Hbond substituents is 1. The van der Waals surface area contributed by atoms with Gasteiger partial charge in [0.25, 0.3) is 5.89 Å². The number of benzene rings is 1. The van der Waals surface area contributed by atoms with E-state index in [9.17, 15) is 9.90 Å². The third-order valence-electron chi connectivity index (χ3n) is 4.45. The molecule has 0 radical (unpaired) electrons. The molecule has 0 unspecified atom stereocenters. The van der Waals surface area contributed by atoms with Gasteiger partial charge in [-0.25, -0.2) is 0 Å². The van der Waals surface area contributed by atoms with Gasteiger partial charge in [-0.2, -0.15) is 0 Å². The van der Waals surface area contributed by atoms with Gasteiger partial charge in [0.05, 0.1) is 5.56 Å². The Hall–Kier alpha value is -2.41. The van der Waals surface area contributed by atoms with E-state index in [1.165, 1.54) is 6.07 Å². The molecular weight excluding hydrogens is 386 g/mol. The molecule has 1 aliphatic rings. The van der Waals surface area contributed by atoms with Crippen molar-refractivity contribution in [3.05, 3.63) is 50.9 Å². The molecule has 0 atom stereocenters. The van der Waals surface area contributed by atoms with E-state index < -0.39 is 0 Å². The van der Waals surface area contributed by atoms with Crippen molar-refractivity contribution in [3.63, 3.8) is 0 Å². The Balaban J connectivity index is 1.76. The number of rotatable bonds is 4. The van der Waals surface area contributed by atoms with Crippen LogP contribution in [-0.4, -0.2) is 26.1 Å². The minimum atomic E-state index is -0.252. The Morgan fingerprint density at radius 1 is 1.32 bits per heavy atom. The quantitative estimate of drug-likeness (QED) is 0.637. The number of aromatic nitrogens is 3. The molecule has 0 amide bonds. The van der Waals surface area contributed by atoms with Crippen molar-refractivity contribution in [1.29, 1.82) is 0 Å². The van der Waals surface area contributed by atoms with E-state index in [1.807, 2.05) is 13.8 Å². The summed E-state index contributed by atoms with van der Waals surface area (Å²) in [5, 5.41) is 18.3. The summed E-state index contributed by atoms with van der Waals surface area (Å²) in [5.41, 5.74) is 2.83. The van der Waals surface area contributed by atoms with Crippen LogP contribution in [0, 0.1) is 13.8 Å². The van der Waals surface area contributed by atoms with Crippen molar-refractivity contribution in [2.75, 3.05) is 0 Å². The zero-order chi connectivity index (χ0) is 17.7. The minimum absolute atomic E-state index is 0.0523. The fourth-order valence-electron chi connectivity index (χ4n) is 2.96. The topological polar surface area (TPSA) is 92.0 Å². The van der Waals surface area contributed by atoms with Crippen molar-refractivity contribution in [2.45, 2.75) is 32.6 Å². The van der Waals surface area contributed by atoms with E-state index in [4.69, 9.17) is 4.42 Å². The number of H-pyrrole nitrogens is 1. The lowest BCUT2D eigenvalue weighted by Crippen LogP contribution is -2.04. The third kappa shape index (κ3) is 2.78. The molecule has 1 saturated carbocycles. The van der Waals surface area contributed by atoms with Crippen LogP contribution < -0.4 is 0 Å². The summed E-state index contributed by atoms with van der Waals surface area (Å²) in [6.45, 7) is 3.65. The molecule has 1 aromatic carbocycles. The molecule has 2 N–H and O–H groups in total. The molecule has 0 bridgehead atoms. The molecule has 6 nitrogen and oxygen atoms in total. The first-order valence-corrected chi connectivity index (χ1v) is 8.81. The average Bonchev–Trinajstić information content (AvgIpc) is 3.24. The Morgan fingerprint density at radius 3 is 2.80 bits per heavy atom. The summed E-state index contributed by atoms with van der Waals surface area (Å²) < 4.78 is 6.48. The van der Waals surface area contributed by atoms with Crippen LogP contribution in [0.3, 0.4) is 0 Å². The molecule has 0 saturated heterocycles. The van der Waals surface area contributed by atoms with E-state index in [0.29, 0.717) is 34.7 Å². The summed E-state index contributed by atoms with van der Waals surface area (Å²) in [4.78, 5) is 16.1. The zero-order valence-corrected chi connectivity index (χ0v) is 15.3. The number of aromatic hydroxyl groups is 1. The van der Waals surface area contributed by atoms with Gasteiger partial charge in [-0.1, -0.05) is 15.9 Å². The van der Waals surface area contributed by atoms with Crippen LogP contribution in [0.4, 0.5) is 0 Å². The van der Waals surface area contributed by atoms with Crippen molar-refractivity contribution in [1.82, 2.24) is 15.2 Å². The first-order chi connectivity index (χ1) is 12.0. The maximum absolute atomic E-state index is 13.0. The number of aryl methyl sites for hydroxylation is 1. The molecule has 0 aliphatic heterocycles. The number of carbonyl (C=O) groups excluding carboxylic acids is 1. The van der Waals surface area contributed by atoms with Crippen molar-refractivity contribution in [2.24, 2.45) is 0 Å².